The van der Waals surface area contributed by atoms with Crippen LogP contribution in [0.4, 0.5) is 19.0 Å². The quantitative estimate of drug-likeness (QED) is 0.509. The van der Waals surface area contributed by atoms with Crippen molar-refractivity contribution in [2.75, 3.05) is 5.32 Å². The number of aromatic nitrogens is 3. The van der Waals surface area contributed by atoms with Crippen LogP contribution in [0.15, 0.2) is 42.7 Å². The Morgan fingerprint density at radius 3 is 2.35 bits per heavy atom. The fourth-order valence-electron chi connectivity index (χ4n) is 7.09. The summed E-state index contributed by atoms with van der Waals surface area (Å²) in [5, 5.41) is 7.52. The maximum absolute atomic E-state index is 13.2. The van der Waals surface area contributed by atoms with Gasteiger partial charge in [0.25, 0.3) is 0 Å². The molecular formula is C25H25F3N4O2. The Balaban J connectivity index is 1.27. The number of benzene rings is 1. The molecule has 178 valence electrons. The Bertz CT molecular complexity index is 1200. The van der Waals surface area contributed by atoms with E-state index in [0.717, 1.165) is 37.0 Å². The molecule has 4 aliphatic rings. The summed E-state index contributed by atoms with van der Waals surface area (Å²) in [6.07, 6.45) is 6.40. The number of alkyl halides is 3. The summed E-state index contributed by atoms with van der Waals surface area (Å²) in [5.74, 6) is 2.25. The lowest BCUT2D eigenvalue weighted by molar-refractivity contribution is -0.274. The van der Waals surface area contributed by atoms with Gasteiger partial charge in [-0.1, -0.05) is 12.1 Å². The van der Waals surface area contributed by atoms with Gasteiger partial charge in [-0.25, -0.2) is 9.50 Å². The average molecular weight is 470 g/mol. The van der Waals surface area contributed by atoms with Crippen molar-refractivity contribution in [3.05, 3.63) is 42.7 Å². The van der Waals surface area contributed by atoms with Crippen LogP contribution in [0.2, 0.25) is 0 Å². The van der Waals surface area contributed by atoms with E-state index >= 15 is 0 Å². The van der Waals surface area contributed by atoms with E-state index in [0.29, 0.717) is 29.0 Å². The zero-order valence-electron chi connectivity index (χ0n) is 18.5. The molecule has 7 rings (SSSR count). The van der Waals surface area contributed by atoms with Gasteiger partial charge in [-0.2, -0.15) is 0 Å². The second-order valence-electron chi connectivity index (χ2n) is 10.3. The number of nitrogens with one attached hydrogen (secondary N) is 1. The monoisotopic (exact) mass is 470 g/mol. The highest BCUT2D eigenvalue weighted by molar-refractivity contribution is 5.98. The van der Waals surface area contributed by atoms with Crippen LogP contribution in [0.25, 0.3) is 16.8 Å². The normalized spacial score (nSPS) is 27.8. The molecule has 1 amide bonds. The molecule has 2 aromatic heterocycles. The van der Waals surface area contributed by atoms with Gasteiger partial charge in [-0.15, -0.1) is 18.3 Å². The lowest BCUT2D eigenvalue weighted by Gasteiger charge is -2.56. The molecule has 0 aliphatic heterocycles. The summed E-state index contributed by atoms with van der Waals surface area (Å²) >= 11 is 0. The number of hydrogen-bond donors (Lipinski definition) is 1. The van der Waals surface area contributed by atoms with E-state index < -0.39 is 6.36 Å². The number of hydrogen-bond acceptors (Lipinski definition) is 4. The van der Waals surface area contributed by atoms with Crippen LogP contribution in [0.5, 0.6) is 5.75 Å². The highest BCUT2D eigenvalue weighted by atomic mass is 19.4. The van der Waals surface area contributed by atoms with E-state index in [-0.39, 0.29) is 17.1 Å². The molecule has 3 aromatic rings. The fraction of sp³-hybridized carbons (Fsp3) is 0.480. The van der Waals surface area contributed by atoms with Crippen LogP contribution in [0.3, 0.4) is 0 Å². The second-order valence-corrected chi connectivity index (χ2v) is 10.3. The van der Waals surface area contributed by atoms with Gasteiger partial charge in [0.05, 0.1) is 5.56 Å². The van der Waals surface area contributed by atoms with Crippen molar-refractivity contribution in [1.29, 1.82) is 0 Å². The fourth-order valence-corrected chi connectivity index (χ4v) is 7.09. The molecule has 4 bridgehead atoms. The van der Waals surface area contributed by atoms with Gasteiger partial charge in [0.2, 0.25) is 5.91 Å². The summed E-state index contributed by atoms with van der Waals surface area (Å²) in [4.78, 5) is 17.6. The summed E-state index contributed by atoms with van der Waals surface area (Å²) in [5.41, 5.74) is 1.76. The first kappa shape index (κ1) is 21.4. The second kappa shape index (κ2) is 7.71. The van der Waals surface area contributed by atoms with Crippen molar-refractivity contribution in [2.45, 2.75) is 51.3 Å². The van der Waals surface area contributed by atoms with E-state index in [9.17, 15) is 18.0 Å². The molecule has 6 nitrogen and oxygen atoms in total. The van der Waals surface area contributed by atoms with E-state index in [1.165, 1.54) is 43.5 Å². The summed E-state index contributed by atoms with van der Waals surface area (Å²) in [7, 11) is 0. The molecule has 4 aliphatic carbocycles. The van der Waals surface area contributed by atoms with Crippen LogP contribution < -0.4 is 10.1 Å². The molecule has 1 aromatic carbocycles. The van der Waals surface area contributed by atoms with Crippen LogP contribution in [-0.4, -0.2) is 26.9 Å². The molecule has 2 heterocycles. The number of anilines is 1. The Hall–Kier alpha value is -3.10. The van der Waals surface area contributed by atoms with Gasteiger partial charge in [-0.3, -0.25) is 4.79 Å². The van der Waals surface area contributed by atoms with E-state index in [1.807, 2.05) is 0 Å². The minimum absolute atomic E-state index is 0.0661. The van der Waals surface area contributed by atoms with Crippen molar-refractivity contribution in [2.24, 2.45) is 23.2 Å². The van der Waals surface area contributed by atoms with Crippen molar-refractivity contribution < 1.29 is 22.7 Å². The zero-order chi connectivity index (χ0) is 23.5. The van der Waals surface area contributed by atoms with Gasteiger partial charge >= 0.3 is 6.36 Å². The molecule has 0 atom stereocenters. The number of rotatable bonds is 5. The SMILES string of the molecule is O=C(CC12CC3CC(CC(C3)C1)C2)Nc1nn2cccnc2c1-c1ccc(OC(F)(F)F)cc1. The molecule has 0 unspecified atom stereocenters. The highest BCUT2D eigenvalue weighted by Gasteiger charge is 2.51. The maximum atomic E-state index is 13.2. The maximum Gasteiger partial charge on any atom is 0.573 e. The van der Waals surface area contributed by atoms with Crippen molar-refractivity contribution in [3.63, 3.8) is 0 Å². The Morgan fingerprint density at radius 1 is 1.09 bits per heavy atom. The van der Waals surface area contributed by atoms with Crippen LogP contribution in [-0.2, 0) is 4.79 Å². The van der Waals surface area contributed by atoms with Gasteiger partial charge < -0.3 is 10.1 Å². The third-order valence-electron chi connectivity index (χ3n) is 7.73. The van der Waals surface area contributed by atoms with Gasteiger partial charge in [0, 0.05) is 18.8 Å². The van der Waals surface area contributed by atoms with Crippen molar-refractivity contribution in [1.82, 2.24) is 14.6 Å². The molecule has 0 saturated heterocycles. The number of halogens is 3. The number of fused-ring (bicyclic) bond motifs is 1. The highest BCUT2D eigenvalue weighted by Crippen LogP contribution is 2.61. The first-order valence-corrected chi connectivity index (χ1v) is 11.7. The topological polar surface area (TPSA) is 68.5 Å². The molecule has 4 saturated carbocycles. The van der Waals surface area contributed by atoms with Gasteiger partial charge in [0.1, 0.15) is 5.75 Å². The Labute approximate surface area is 194 Å². The molecule has 4 fully saturated rings. The summed E-state index contributed by atoms with van der Waals surface area (Å²) in [6, 6.07) is 7.25. The first-order chi connectivity index (χ1) is 16.3. The Kier molecular flexibility index (Phi) is 4.86. The molecule has 0 spiro atoms. The first-order valence-electron chi connectivity index (χ1n) is 11.7. The molecule has 9 heteroatoms. The largest absolute Gasteiger partial charge is 0.573 e. The van der Waals surface area contributed by atoms with Crippen LogP contribution >= 0.6 is 0 Å². The summed E-state index contributed by atoms with van der Waals surface area (Å²) in [6.45, 7) is 0. The number of ether oxygens (including phenoxy) is 1. The lowest BCUT2D eigenvalue weighted by atomic mass is 9.49. The third kappa shape index (κ3) is 4.01. The van der Waals surface area contributed by atoms with Crippen LogP contribution in [0, 0.1) is 23.2 Å². The van der Waals surface area contributed by atoms with E-state index in [4.69, 9.17) is 0 Å². The molecule has 34 heavy (non-hydrogen) atoms. The minimum Gasteiger partial charge on any atom is -0.406 e. The van der Waals surface area contributed by atoms with Crippen molar-refractivity contribution >= 4 is 17.4 Å². The molecule has 1 N–H and O–H groups in total. The number of amides is 1. The standard InChI is InChI=1S/C25H25F3N4O2/c26-25(27,28)34-19-4-2-18(3-5-19)21-22(31-32-7-1-6-29-23(21)32)30-20(33)14-24-11-15-8-16(12-24)10-17(9-15)13-24/h1-7,15-17H,8-14H2,(H,30,31,33). The lowest BCUT2D eigenvalue weighted by Crippen LogP contribution is -2.47. The predicted octanol–water partition coefficient (Wildman–Crippen LogP) is 5.84. The predicted molar refractivity (Wildman–Crippen MR) is 119 cm³/mol. The van der Waals surface area contributed by atoms with Crippen LogP contribution in [0.1, 0.15) is 44.9 Å². The van der Waals surface area contributed by atoms with E-state index in [1.54, 1.807) is 23.0 Å². The van der Waals surface area contributed by atoms with Gasteiger partial charge in [0.15, 0.2) is 11.5 Å². The van der Waals surface area contributed by atoms with Gasteiger partial charge in [-0.05, 0) is 85.5 Å². The Morgan fingerprint density at radius 2 is 1.74 bits per heavy atom. The number of carbonyl (C=O) groups excluding carboxylic acids is 1. The number of carbonyl (C=O) groups is 1. The van der Waals surface area contributed by atoms with E-state index in [2.05, 4.69) is 20.1 Å². The smallest absolute Gasteiger partial charge is 0.406 e. The molecular weight excluding hydrogens is 445 g/mol. The minimum atomic E-state index is -4.76. The zero-order valence-corrected chi connectivity index (χ0v) is 18.5. The van der Waals surface area contributed by atoms with Crippen molar-refractivity contribution in [3.8, 4) is 16.9 Å². The number of nitrogens with zero attached hydrogens (tertiary/aromatic N) is 3. The third-order valence-corrected chi connectivity index (χ3v) is 7.73. The summed E-state index contributed by atoms with van der Waals surface area (Å²) < 4.78 is 43.2. The molecule has 0 radical (unpaired) electrons. The average Bonchev–Trinajstić information content (AvgIpc) is 3.09.